The summed E-state index contributed by atoms with van der Waals surface area (Å²) in [6, 6.07) is 11.5. The molecule has 2 heterocycles. The maximum absolute atomic E-state index is 13.0. The zero-order valence-corrected chi connectivity index (χ0v) is 14.0. The molecule has 1 saturated heterocycles. The second kappa shape index (κ2) is 7.44. The second-order valence-electron chi connectivity index (χ2n) is 6.30. The smallest absolute Gasteiger partial charge is 0.273 e. The van der Waals surface area contributed by atoms with Crippen molar-refractivity contribution in [2.45, 2.75) is 19.4 Å². The molecule has 0 bridgehead atoms. The number of aromatic nitrogens is 1. The summed E-state index contributed by atoms with van der Waals surface area (Å²) >= 11 is 0. The minimum Gasteiger partial charge on any atom is -0.369 e. The van der Waals surface area contributed by atoms with Gasteiger partial charge in [-0.1, -0.05) is 24.3 Å². The van der Waals surface area contributed by atoms with Crippen LogP contribution in [-0.2, 0) is 11.3 Å². The summed E-state index contributed by atoms with van der Waals surface area (Å²) in [4.78, 5) is 30.5. The number of pyridine rings is 1. The van der Waals surface area contributed by atoms with Crippen LogP contribution in [0.4, 0.5) is 0 Å². The molecule has 1 atom stereocenters. The molecule has 6 heteroatoms. The Balaban J connectivity index is 1.92. The standard InChI is InChI=1S/C19H22N4O2/c20-11-13-4-1-5-14(10-13)16-7-2-8-22-17(16)19(25)23-9-3-6-15(12-23)18(21)24/h1-2,4-5,7-8,10,15H,3,6,9,11-12,20H2,(H2,21,24)/t15-/m0/s1. The van der Waals surface area contributed by atoms with Crippen molar-refractivity contribution in [1.29, 1.82) is 0 Å². The van der Waals surface area contributed by atoms with Gasteiger partial charge in [-0.2, -0.15) is 0 Å². The molecule has 130 valence electrons. The molecule has 1 fully saturated rings. The number of carbonyl (C=O) groups is 2. The molecule has 1 aliphatic rings. The minimum absolute atomic E-state index is 0.167. The van der Waals surface area contributed by atoms with Crippen LogP contribution < -0.4 is 11.5 Å². The van der Waals surface area contributed by atoms with Crippen molar-refractivity contribution in [3.63, 3.8) is 0 Å². The Kier molecular flexibility index (Phi) is 5.09. The fourth-order valence-electron chi connectivity index (χ4n) is 3.22. The number of carbonyl (C=O) groups excluding carboxylic acids is 2. The van der Waals surface area contributed by atoms with Gasteiger partial charge >= 0.3 is 0 Å². The fraction of sp³-hybridized carbons (Fsp3) is 0.316. The molecule has 0 aliphatic carbocycles. The van der Waals surface area contributed by atoms with Crippen LogP contribution in [0.15, 0.2) is 42.6 Å². The van der Waals surface area contributed by atoms with E-state index in [-0.39, 0.29) is 17.7 Å². The molecule has 0 unspecified atom stereocenters. The molecule has 0 saturated carbocycles. The first kappa shape index (κ1) is 17.1. The highest BCUT2D eigenvalue weighted by Gasteiger charge is 2.29. The van der Waals surface area contributed by atoms with Gasteiger partial charge in [-0.15, -0.1) is 0 Å². The average molecular weight is 338 g/mol. The predicted molar refractivity (Wildman–Crippen MR) is 95.4 cm³/mol. The fourth-order valence-corrected chi connectivity index (χ4v) is 3.22. The molecule has 6 nitrogen and oxygen atoms in total. The molecule has 4 N–H and O–H groups in total. The normalized spacial score (nSPS) is 17.3. The Morgan fingerprint density at radius 1 is 1.24 bits per heavy atom. The van der Waals surface area contributed by atoms with Gasteiger partial charge in [0.1, 0.15) is 5.69 Å². The lowest BCUT2D eigenvalue weighted by molar-refractivity contribution is -0.123. The van der Waals surface area contributed by atoms with Gasteiger partial charge < -0.3 is 16.4 Å². The van der Waals surface area contributed by atoms with E-state index in [1.165, 1.54) is 0 Å². The van der Waals surface area contributed by atoms with Crippen LogP contribution in [0.1, 0.15) is 28.9 Å². The first-order valence-corrected chi connectivity index (χ1v) is 8.43. The number of benzene rings is 1. The highest BCUT2D eigenvalue weighted by atomic mass is 16.2. The van der Waals surface area contributed by atoms with Gasteiger partial charge in [-0.25, -0.2) is 0 Å². The van der Waals surface area contributed by atoms with Gasteiger partial charge in [-0.3, -0.25) is 14.6 Å². The van der Waals surface area contributed by atoms with Gasteiger partial charge in [0, 0.05) is 31.4 Å². The number of primary amides is 1. The molecule has 0 spiro atoms. The predicted octanol–water partition coefficient (Wildman–Crippen LogP) is 1.54. The zero-order chi connectivity index (χ0) is 17.8. The number of nitrogens with two attached hydrogens (primary N) is 2. The third-order valence-corrected chi connectivity index (χ3v) is 4.59. The number of piperidine rings is 1. The third-order valence-electron chi connectivity index (χ3n) is 4.59. The van der Waals surface area contributed by atoms with Crippen LogP contribution in [-0.4, -0.2) is 34.8 Å². The highest BCUT2D eigenvalue weighted by Crippen LogP contribution is 2.26. The summed E-state index contributed by atoms with van der Waals surface area (Å²) < 4.78 is 0. The molecule has 2 aromatic rings. The molecular weight excluding hydrogens is 316 g/mol. The van der Waals surface area contributed by atoms with Crippen LogP contribution in [0.2, 0.25) is 0 Å². The summed E-state index contributed by atoms with van der Waals surface area (Å²) in [5.74, 6) is -0.806. The van der Waals surface area contributed by atoms with Crippen molar-refractivity contribution in [1.82, 2.24) is 9.88 Å². The van der Waals surface area contributed by atoms with E-state index in [2.05, 4.69) is 4.98 Å². The third kappa shape index (κ3) is 3.69. The van der Waals surface area contributed by atoms with Crippen molar-refractivity contribution >= 4 is 11.8 Å². The van der Waals surface area contributed by atoms with E-state index in [4.69, 9.17) is 11.5 Å². The van der Waals surface area contributed by atoms with E-state index in [9.17, 15) is 9.59 Å². The number of likely N-dealkylation sites (tertiary alicyclic amines) is 1. The van der Waals surface area contributed by atoms with Crippen LogP contribution in [0.3, 0.4) is 0 Å². The van der Waals surface area contributed by atoms with Gasteiger partial charge in [-0.05, 0) is 36.1 Å². The van der Waals surface area contributed by atoms with Gasteiger partial charge in [0.05, 0.1) is 5.92 Å². The lowest BCUT2D eigenvalue weighted by atomic mass is 9.96. The Labute approximate surface area is 146 Å². The summed E-state index contributed by atoms with van der Waals surface area (Å²) in [6.45, 7) is 1.40. The van der Waals surface area contributed by atoms with Crippen LogP contribution in [0.25, 0.3) is 11.1 Å². The Morgan fingerprint density at radius 2 is 2.08 bits per heavy atom. The van der Waals surface area contributed by atoms with Crippen molar-refractivity contribution in [2.75, 3.05) is 13.1 Å². The van der Waals surface area contributed by atoms with E-state index in [0.29, 0.717) is 25.3 Å². The van der Waals surface area contributed by atoms with Crippen LogP contribution in [0, 0.1) is 5.92 Å². The lowest BCUT2D eigenvalue weighted by Crippen LogP contribution is -2.44. The number of hydrogen-bond acceptors (Lipinski definition) is 4. The van der Waals surface area contributed by atoms with Crippen molar-refractivity contribution < 1.29 is 9.59 Å². The largest absolute Gasteiger partial charge is 0.369 e. The van der Waals surface area contributed by atoms with E-state index in [1.807, 2.05) is 36.4 Å². The van der Waals surface area contributed by atoms with Gasteiger partial charge in [0.2, 0.25) is 5.91 Å². The van der Waals surface area contributed by atoms with Gasteiger partial charge in [0.25, 0.3) is 5.91 Å². The van der Waals surface area contributed by atoms with E-state index < -0.39 is 0 Å². The molecule has 2 amide bonds. The molecule has 1 aromatic heterocycles. The SMILES string of the molecule is NCc1cccc(-c2cccnc2C(=O)N2CCC[C@H](C(N)=O)C2)c1. The number of nitrogens with zero attached hydrogens (tertiary/aromatic N) is 2. The second-order valence-corrected chi connectivity index (χ2v) is 6.30. The topological polar surface area (TPSA) is 102 Å². The number of rotatable bonds is 4. The van der Waals surface area contributed by atoms with Crippen LogP contribution in [0.5, 0.6) is 0 Å². The van der Waals surface area contributed by atoms with E-state index in [0.717, 1.165) is 29.5 Å². The summed E-state index contributed by atoms with van der Waals surface area (Å²) in [5, 5.41) is 0. The summed E-state index contributed by atoms with van der Waals surface area (Å²) in [6.07, 6.45) is 3.11. The molecule has 25 heavy (non-hydrogen) atoms. The number of amides is 2. The van der Waals surface area contributed by atoms with Crippen molar-refractivity contribution in [3.05, 3.63) is 53.9 Å². The molecule has 1 aliphatic heterocycles. The van der Waals surface area contributed by atoms with E-state index >= 15 is 0 Å². The molecule has 3 rings (SSSR count). The average Bonchev–Trinajstić information content (AvgIpc) is 2.67. The van der Waals surface area contributed by atoms with Crippen LogP contribution >= 0.6 is 0 Å². The Hall–Kier alpha value is -2.73. The highest BCUT2D eigenvalue weighted by molar-refractivity contribution is 5.99. The molecule has 1 aromatic carbocycles. The Bertz CT molecular complexity index is 790. The van der Waals surface area contributed by atoms with E-state index in [1.54, 1.807) is 11.1 Å². The minimum atomic E-state index is -0.352. The lowest BCUT2D eigenvalue weighted by Gasteiger charge is -2.31. The van der Waals surface area contributed by atoms with Gasteiger partial charge in [0.15, 0.2) is 0 Å². The molecular formula is C19H22N4O2. The molecule has 0 radical (unpaired) electrons. The quantitative estimate of drug-likeness (QED) is 0.883. The first-order chi connectivity index (χ1) is 12.1. The maximum Gasteiger partial charge on any atom is 0.273 e. The zero-order valence-electron chi connectivity index (χ0n) is 14.0. The van der Waals surface area contributed by atoms with Crippen molar-refractivity contribution in [2.24, 2.45) is 17.4 Å². The number of hydrogen-bond donors (Lipinski definition) is 2. The van der Waals surface area contributed by atoms with Crippen molar-refractivity contribution in [3.8, 4) is 11.1 Å². The first-order valence-electron chi connectivity index (χ1n) is 8.43. The summed E-state index contributed by atoms with van der Waals surface area (Å²) in [5.41, 5.74) is 14.2. The summed E-state index contributed by atoms with van der Waals surface area (Å²) in [7, 11) is 0. The maximum atomic E-state index is 13.0. The monoisotopic (exact) mass is 338 g/mol. The Morgan fingerprint density at radius 3 is 2.84 bits per heavy atom.